The monoisotopic (exact) mass is 299 g/mol. The molecule has 4 N–H and O–H groups in total. The van der Waals surface area contributed by atoms with Gasteiger partial charge < -0.3 is 16.4 Å². The lowest BCUT2D eigenvalue weighted by molar-refractivity contribution is 0.244. The number of nitrogens with zero attached hydrogens (tertiary/aromatic N) is 1. The Balaban J connectivity index is 3.44. The second-order valence-corrected chi connectivity index (χ2v) is 6.90. The van der Waals surface area contributed by atoms with Gasteiger partial charge in [0.05, 0.1) is 0 Å². The van der Waals surface area contributed by atoms with Crippen LogP contribution in [0.3, 0.4) is 0 Å². The van der Waals surface area contributed by atoms with Gasteiger partial charge in [-0.1, -0.05) is 64.7 Å². The summed E-state index contributed by atoms with van der Waals surface area (Å²) in [6.45, 7) is 9.52. The zero-order chi connectivity index (χ0) is 15.9. The third-order valence-corrected chi connectivity index (χ3v) is 3.92. The average molecular weight is 300 g/mol. The van der Waals surface area contributed by atoms with Gasteiger partial charge in [-0.3, -0.25) is 0 Å². The first-order chi connectivity index (χ1) is 10.1. The van der Waals surface area contributed by atoms with Crippen LogP contribution in [-0.2, 0) is 0 Å². The normalized spacial score (nSPS) is 14.6. The number of hydrogen-bond donors (Lipinski definition) is 2. The molecule has 0 heterocycles. The molecular weight excluding hydrogens is 258 g/mol. The zero-order valence-corrected chi connectivity index (χ0v) is 14.9. The number of hydrogen-bond acceptors (Lipinski definition) is 3. The Morgan fingerprint density at radius 2 is 1.05 bits per heavy atom. The van der Waals surface area contributed by atoms with Gasteiger partial charge in [0.2, 0.25) is 0 Å². The maximum absolute atomic E-state index is 5.91. The van der Waals surface area contributed by atoms with Gasteiger partial charge in [0, 0.05) is 25.2 Å². The van der Waals surface area contributed by atoms with E-state index in [2.05, 4.69) is 25.7 Å². The van der Waals surface area contributed by atoms with E-state index in [4.69, 9.17) is 11.5 Å². The maximum atomic E-state index is 5.91. The Morgan fingerprint density at radius 1 is 0.667 bits per heavy atom. The fourth-order valence-electron chi connectivity index (χ4n) is 2.89. The molecule has 2 atom stereocenters. The van der Waals surface area contributed by atoms with Crippen molar-refractivity contribution in [2.75, 3.05) is 19.6 Å². The van der Waals surface area contributed by atoms with Gasteiger partial charge >= 0.3 is 0 Å². The maximum Gasteiger partial charge on any atom is 0.0139 e. The lowest BCUT2D eigenvalue weighted by atomic mass is 10.1. The van der Waals surface area contributed by atoms with Crippen LogP contribution >= 0.6 is 0 Å². The molecule has 0 aromatic heterocycles. The predicted octanol–water partition coefficient (Wildman–Crippen LogP) is 3.90. The van der Waals surface area contributed by atoms with Crippen molar-refractivity contribution in [2.24, 2.45) is 11.5 Å². The third-order valence-electron chi connectivity index (χ3n) is 3.92. The van der Waals surface area contributed by atoms with E-state index in [1.54, 1.807) is 0 Å². The minimum atomic E-state index is 0.242. The summed E-state index contributed by atoms with van der Waals surface area (Å²) < 4.78 is 0. The van der Waals surface area contributed by atoms with Crippen LogP contribution in [0.4, 0.5) is 0 Å². The molecule has 0 radical (unpaired) electrons. The van der Waals surface area contributed by atoms with E-state index in [1.165, 1.54) is 64.2 Å². The first kappa shape index (κ1) is 20.9. The number of unbranched alkanes of at least 4 members (excludes halogenated alkanes) is 9. The van der Waals surface area contributed by atoms with E-state index in [1.807, 2.05) is 0 Å². The minimum Gasteiger partial charge on any atom is -0.327 e. The van der Waals surface area contributed by atoms with E-state index >= 15 is 0 Å². The highest BCUT2D eigenvalue weighted by atomic mass is 15.1. The second-order valence-electron chi connectivity index (χ2n) is 6.90. The summed E-state index contributed by atoms with van der Waals surface area (Å²) >= 11 is 0. The lowest BCUT2D eigenvalue weighted by Crippen LogP contribution is -2.42. The van der Waals surface area contributed by atoms with E-state index < -0.39 is 0 Å². The molecule has 21 heavy (non-hydrogen) atoms. The molecule has 3 nitrogen and oxygen atoms in total. The second kappa shape index (κ2) is 14.8. The molecule has 0 fully saturated rings. The molecule has 0 spiro atoms. The predicted molar refractivity (Wildman–Crippen MR) is 95.6 cm³/mol. The summed E-state index contributed by atoms with van der Waals surface area (Å²) in [4.78, 5) is 2.43. The van der Waals surface area contributed by atoms with E-state index in [0.29, 0.717) is 0 Å². The highest BCUT2D eigenvalue weighted by Crippen LogP contribution is 2.10. The highest BCUT2D eigenvalue weighted by Gasteiger charge is 2.09. The first-order valence-corrected chi connectivity index (χ1v) is 9.29. The molecular formula is C18H41N3. The summed E-state index contributed by atoms with van der Waals surface area (Å²) in [5.74, 6) is 0. The molecule has 0 amide bonds. The van der Waals surface area contributed by atoms with Crippen LogP contribution in [0.2, 0.25) is 0 Å². The number of rotatable bonds is 15. The molecule has 3 heteroatoms. The van der Waals surface area contributed by atoms with Gasteiger partial charge in [0.25, 0.3) is 0 Å². The van der Waals surface area contributed by atoms with Crippen molar-refractivity contribution in [3.63, 3.8) is 0 Å². The Hall–Kier alpha value is -0.120. The Kier molecular flexibility index (Phi) is 14.7. The van der Waals surface area contributed by atoms with E-state index in [9.17, 15) is 0 Å². The van der Waals surface area contributed by atoms with Crippen LogP contribution in [0.5, 0.6) is 0 Å². The average Bonchev–Trinajstić information content (AvgIpc) is 2.39. The van der Waals surface area contributed by atoms with Gasteiger partial charge in [-0.15, -0.1) is 0 Å². The van der Waals surface area contributed by atoms with Gasteiger partial charge in [0.1, 0.15) is 0 Å². The summed E-state index contributed by atoms with van der Waals surface area (Å²) in [6, 6.07) is 0.485. The largest absolute Gasteiger partial charge is 0.327 e. The Morgan fingerprint density at radius 3 is 1.43 bits per heavy atom. The van der Waals surface area contributed by atoms with Gasteiger partial charge in [-0.25, -0.2) is 0 Å². The highest BCUT2D eigenvalue weighted by molar-refractivity contribution is 4.68. The van der Waals surface area contributed by atoms with Crippen molar-refractivity contribution >= 4 is 0 Å². The molecule has 128 valence electrons. The fourth-order valence-corrected chi connectivity index (χ4v) is 2.89. The topological polar surface area (TPSA) is 55.3 Å². The fraction of sp³-hybridized carbons (Fsp3) is 1.00. The molecule has 0 aromatic carbocycles. The number of nitrogens with two attached hydrogens (primary N) is 2. The van der Waals surface area contributed by atoms with Crippen LogP contribution in [-0.4, -0.2) is 36.6 Å². The van der Waals surface area contributed by atoms with E-state index in [-0.39, 0.29) is 12.1 Å². The molecule has 0 aliphatic heterocycles. The zero-order valence-electron chi connectivity index (χ0n) is 14.9. The third kappa shape index (κ3) is 16.1. The Bertz CT molecular complexity index is 195. The van der Waals surface area contributed by atoms with Crippen molar-refractivity contribution in [3.8, 4) is 0 Å². The SMILES string of the molecule is CCCCCCCCCCCCN(CC(C)N)CC(C)N. The van der Waals surface area contributed by atoms with Crippen molar-refractivity contribution < 1.29 is 0 Å². The molecule has 0 aliphatic carbocycles. The Labute approximate surface area is 133 Å². The molecule has 2 unspecified atom stereocenters. The molecule has 0 saturated carbocycles. The van der Waals surface area contributed by atoms with Crippen LogP contribution in [0.1, 0.15) is 85.0 Å². The van der Waals surface area contributed by atoms with Gasteiger partial charge in [0.15, 0.2) is 0 Å². The quantitative estimate of drug-likeness (QED) is 0.451. The molecule has 0 aliphatic rings. The first-order valence-electron chi connectivity index (χ1n) is 9.29. The smallest absolute Gasteiger partial charge is 0.0139 e. The van der Waals surface area contributed by atoms with Crippen molar-refractivity contribution in [1.29, 1.82) is 0 Å². The van der Waals surface area contributed by atoms with Gasteiger partial charge in [-0.05, 0) is 26.8 Å². The standard InChI is InChI=1S/C18H41N3/c1-4-5-6-7-8-9-10-11-12-13-14-21(15-17(2)19)16-18(3)20/h17-18H,4-16,19-20H2,1-3H3. The molecule has 0 rings (SSSR count). The van der Waals surface area contributed by atoms with Crippen LogP contribution in [0.25, 0.3) is 0 Å². The van der Waals surface area contributed by atoms with Crippen molar-refractivity contribution in [2.45, 2.75) is 97.1 Å². The molecule has 0 bridgehead atoms. The van der Waals surface area contributed by atoms with Gasteiger partial charge in [-0.2, -0.15) is 0 Å². The summed E-state index contributed by atoms with van der Waals surface area (Å²) in [5, 5.41) is 0. The molecule has 0 saturated heterocycles. The van der Waals surface area contributed by atoms with E-state index in [0.717, 1.165) is 19.6 Å². The van der Waals surface area contributed by atoms with Crippen LogP contribution in [0, 0.1) is 0 Å². The van der Waals surface area contributed by atoms with Crippen LogP contribution < -0.4 is 11.5 Å². The lowest BCUT2D eigenvalue weighted by Gasteiger charge is -2.25. The van der Waals surface area contributed by atoms with Crippen LogP contribution in [0.15, 0.2) is 0 Å². The van der Waals surface area contributed by atoms with Crippen molar-refractivity contribution in [1.82, 2.24) is 4.90 Å². The summed E-state index contributed by atoms with van der Waals surface area (Å²) in [6.07, 6.45) is 13.9. The molecule has 0 aromatic rings. The minimum absolute atomic E-state index is 0.242. The van der Waals surface area contributed by atoms with Crippen molar-refractivity contribution in [3.05, 3.63) is 0 Å². The summed E-state index contributed by atoms with van der Waals surface area (Å²) in [5.41, 5.74) is 11.8. The summed E-state index contributed by atoms with van der Waals surface area (Å²) in [7, 11) is 0.